The van der Waals surface area contributed by atoms with Gasteiger partial charge in [0.05, 0.1) is 18.8 Å². The normalized spacial score (nSPS) is 13.4. The molecule has 3 aromatic carbocycles. The Morgan fingerprint density at radius 2 is 1.73 bits per heavy atom. The Hall–Kier alpha value is -3.48. The summed E-state index contributed by atoms with van der Waals surface area (Å²) in [4.78, 5) is 47.9. The predicted molar refractivity (Wildman–Crippen MR) is 135 cm³/mol. The van der Waals surface area contributed by atoms with Crippen molar-refractivity contribution in [1.29, 1.82) is 0 Å². The maximum atomic E-state index is 14.5. The summed E-state index contributed by atoms with van der Waals surface area (Å²) in [7, 11) is -3.61. The molecule has 0 saturated heterocycles. The predicted octanol–water partition coefficient (Wildman–Crippen LogP) is 5.18. The Labute approximate surface area is 230 Å². The Bertz CT molecular complexity index is 1500. The van der Waals surface area contributed by atoms with Crippen LogP contribution in [0.5, 0.6) is 0 Å². The number of carbonyl (C=O) groups excluding carboxylic acids is 2. The molecule has 0 atom stereocenters. The van der Waals surface area contributed by atoms with Crippen LogP contribution in [0.3, 0.4) is 0 Å². The lowest BCUT2D eigenvalue weighted by Gasteiger charge is -2.36. The number of halogens is 5. The molecular weight excluding hydrogens is 581 g/mol. The van der Waals surface area contributed by atoms with Crippen LogP contribution in [0.15, 0.2) is 48.5 Å². The third-order valence-corrected chi connectivity index (χ3v) is 6.90. The van der Waals surface area contributed by atoms with Gasteiger partial charge in [-0.2, -0.15) is 0 Å². The number of hydrogen-bond acceptors (Lipinski definition) is 4. The summed E-state index contributed by atoms with van der Waals surface area (Å²) >= 11 is 6.15. The topological polar surface area (TPSA) is 111 Å². The largest absolute Gasteiger partial charge is 0.471 e. The summed E-state index contributed by atoms with van der Waals surface area (Å²) in [6.45, 7) is -2.13. The number of benzene rings is 3. The second-order valence-electron chi connectivity index (χ2n) is 8.87. The number of hydrogen-bond donors (Lipinski definition) is 2. The van der Waals surface area contributed by atoms with Crippen molar-refractivity contribution in [2.45, 2.75) is 19.6 Å². The molecule has 212 valence electrons. The van der Waals surface area contributed by atoms with Gasteiger partial charge in [0.1, 0.15) is 30.0 Å². The standard InChI is InChI=1S/C25H21ClF4N3O6P/c1-31-10-15-6-5-14(7-23(15)33(25(31)35)12-17-19(26)3-2-4-20(17)28)24(34)32(13-39-40(36,37)38)11-18-21(29)8-16(27)9-22(18)30/h2-9H,10-13H2,1H3,(H2,36,37,38). The van der Waals surface area contributed by atoms with E-state index in [1.165, 1.54) is 53.2 Å². The van der Waals surface area contributed by atoms with E-state index >= 15 is 0 Å². The van der Waals surface area contributed by atoms with Gasteiger partial charge in [0.25, 0.3) is 5.91 Å². The first-order chi connectivity index (χ1) is 18.7. The number of anilines is 1. The zero-order valence-electron chi connectivity index (χ0n) is 20.7. The molecule has 0 spiro atoms. The quantitative estimate of drug-likeness (QED) is 0.209. The summed E-state index contributed by atoms with van der Waals surface area (Å²) in [6.07, 6.45) is 0. The molecular formula is C25H21ClF4N3O6P. The smallest absolute Gasteiger partial charge is 0.323 e. The van der Waals surface area contributed by atoms with E-state index in [2.05, 4.69) is 4.52 Å². The maximum Gasteiger partial charge on any atom is 0.471 e. The molecule has 0 bridgehead atoms. The SMILES string of the molecule is CN1Cc2ccc(C(=O)N(COP(=O)(O)O)Cc3c(F)cc(F)cc3F)cc2N(Cc2c(F)cccc2Cl)C1=O. The van der Waals surface area contributed by atoms with Crippen LogP contribution < -0.4 is 4.90 Å². The molecule has 1 aliphatic heterocycles. The number of fused-ring (bicyclic) bond motifs is 1. The van der Waals surface area contributed by atoms with E-state index in [0.717, 1.165) is 0 Å². The van der Waals surface area contributed by atoms with E-state index < -0.39 is 61.9 Å². The third-order valence-electron chi connectivity index (χ3n) is 6.09. The lowest BCUT2D eigenvalue weighted by atomic mass is 10.0. The number of nitrogens with zero attached hydrogens (tertiary/aromatic N) is 3. The highest BCUT2D eigenvalue weighted by molar-refractivity contribution is 7.46. The molecule has 9 nitrogen and oxygen atoms in total. The monoisotopic (exact) mass is 601 g/mol. The van der Waals surface area contributed by atoms with Gasteiger partial charge in [-0.05, 0) is 29.8 Å². The second-order valence-corrected chi connectivity index (χ2v) is 10.5. The van der Waals surface area contributed by atoms with E-state index in [-0.39, 0.29) is 34.9 Å². The molecule has 1 aliphatic rings. The lowest BCUT2D eigenvalue weighted by Crippen LogP contribution is -2.45. The fourth-order valence-electron chi connectivity index (χ4n) is 4.13. The Kier molecular flexibility index (Phi) is 8.52. The molecule has 4 rings (SSSR count). The van der Waals surface area contributed by atoms with Gasteiger partial charge in [0, 0.05) is 47.4 Å². The van der Waals surface area contributed by atoms with E-state index in [9.17, 15) is 31.7 Å². The van der Waals surface area contributed by atoms with Crippen LogP contribution in [0, 0.1) is 23.3 Å². The third kappa shape index (κ3) is 6.45. The Morgan fingerprint density at radius 3 is 2.35 bits per heavy atom. The number of carbonyl (C=O) groups is 2. The van der Waals surface area contributed by atoms with Crippen LogP contribution in [0.1, 0.15) is 27.0 Å². The molecule has 0 aromatic heterocycles. The molecule has 0 fully saturated rings. The van der Waals surface area contributed by atoms with E-state index in [0.29, 0.717) is 22.6 Å². The Morgan fingerprint density at radius 1 is 1.05 bits per heavy atom. The van der Waals surface area contributed by atoms with Crippen molar-refractivity contribution in [1.82, 2.24) is 9.80 Å². The van der Waals surface area contributed by atoms with E-state index in [1.54, 1.807) is 0 Å². The summed E-state index contributed by atoms with van der Waals surface area (Å²) in [5.74, 6) is -5.53. The van der Waals surface area contributed by atoms with Crippen molar-refractivity contribution in [3.8, 4) is 0 Å². The number of amides is 3. The van der Waals surface area contributed by atoms with Crippen molar-refractivity contribution in [2.24, 2.45) is 0 Å². The van der Waals surface area contributed by atoms with E-state index in [4.69, 9.17) is 21.4 Å². The second kappa shape index (κ2) is 11.6. The fraction of sp³-hybridized carbons (Fsp3) is 0.200. The van der Waals surface area contributed by atoms with Gasteiger partial charge in [-0.25, -0.2) is 26.9 Å². The first-order valence-corrected chi connectivity index (χ1v) is 13.4. The van der Waals surface area contributed by atoms with Crippen LogP contribution in [-0.4, -0.2) is 45.3 Å². The van der Waals surface area contributed by atoms with Crippen molar-refractivity contribution < 1.29 is 46.0 Å². The van der Waals surface area contributed by atoms with Crippen LogP contribution in [0.25, 0.3) is 0 Å². The van der Waals surface area contributed by atoms with Crippen molar-refractivity contribution >= 4 is 37.0 Å². The van der Waals surface area contributed by atoms with Crippen molar-refractivity contribution in [3.63, 3.8) is 0 Å². The van der Waals surface area contributed by atoms with Gasteiger partial charge in [-0.15, -0.1) is 0 Å². The summed E-state index contributed by atoms with van der Waals surface area (Å²) in [6, 6.07) is 8.38. The van der Waals surface area contributed by atoms with Gasteiger partial charge >= 0.3 is 13.9 Å². The number of phosphoric acid groups is 1. The fourth-order valence-corrected chi connectivity index (χ4v) is 4.64. The van der Waals surface area contributed by atoms with Crippen LogP contribution in [-0.2, 0) is 28.7 Å². The number of urea groups is 1. The minimum absolute atomic E-state index is 0.0226. The first-order valence-electron chi connectivity index (χ1n) is 11.5. The summed E-state index contributed by atoms with van der Waals surface area (Å²) < 4.78 is 72.3. The highest BCUT2D eigenvalue weighted by Crippen LogP contribution is 2.37. The van der Waals surface area contributed by atoms with Crippen LogP contribution >= 0.6 is 19.4 Å². The molecule has 40 heavy (non-hydrogen) atoms. The molecule has 2 N–H and O–H groups in total. The molecule has 0 saturated carbocycles. The first kappa shape index (κ1) is 29.5. The minimum atomic E-state index is -5.13. The van der Waals surface area contributed by atoms with Crippen molar-refractivity contribution in [3.05, 3.63) is 99.1 Å². The van der Waals surface area contributed by atoms with Gasteiger partial charge in [0.2, 0.25) is 0 Å². The summed E-state index contributed by atoms with van der Waals surface area (Å²) in [5, 5.41) is 0.0684. The molecule has 0 unspecified atom stereocenters. The van der Waals surface area contributed by atoms with Gasteiger partial charge in [0.15, 0.2) is 0 Å². The van der Waals surface area contributed by atoms with Gasteiger partial charge in [-0.1, -0.05) is 23.7 Å². The molecule has 3 aromatic rings. The number of phosphoric ester groups is 1. The average molecular weight is 602 g/mol. The average Bonchev–Trinajstić information content (AvgIpc) is 2.86. The lowest BCUT2D eigenvalue weighted by molar-refractivity contribution is 0.0507. The van der Waals surface area contributed by atoms with Gasteiger partial charge < -0.3 is 19.6 Å². The summed E-state index contributed by atoms with van der Waals surface area (Å²) in [5.41, 5.74) is -0.106. The molecule has 0 aliphatic carbocycles. The maximum absolute atomic E-state index is 14.5. The minimum Gasteiger partial charge on any atom is -0.323 e. The van der Waals surface area contributed by atoms with Gasteiger partial charge in [-0.3, -0.25) is 14.2 Å². The Balaban J connectivity index is 1.72. The van der Waals surface area contributed by atoms with Crippen LogP contribution in [0.2, 0.25) is 5.02 Å². The van der Waals surface area contributed by atoms with Crippen LogP contribution in [0.4, 0.5) is 28.0 Å². The molecule has 15 heteroatoms. The van der Waals surface area contributed by atoms with E-state index in [1.807, 2.05) is 0 Å². The zero-order chi connectivity index (χ0) is 29.4. The molecule has 1 heterocycles. The highest BCUT2D eigenvalue weighted by Gasteiger charge is 2.31. The highest BCUT2D eigenvalue weighted by atomic mass is 35.5. The molecule has 0 radical (unpaired) electrons. The molecule has 3 amide bonds. The zero-order valence-corrected chi connectivity index (χ0v) is 22.3. The number of rotatable bonds is 8. The van der Waals surface area contributed by atoms with Crippen molar-refractivity contribution in [2.75, 3.05) is 18.7 Å².